The van der Waals surface area contributed by atoms with Crippen LogP contribution in [0.2, 0.25) is 0 Å². The van der Waals surface area contributed by atoms with Gasteiger partial charge >= 0.3 is 6.18 Å². The highest BCUT2D eigenvalue weighted by atomic mass is 19.4. The third-order valence-corrected chi connectivity index (χ3v) is 4.36. The molecule has 1 aromatic rings. The number of rotatable bonds is 4. The monoisotopic (exact) mass is 300 g/mol. The fourth-order valence-corrected chi connectivity index (χ4v) is 2.76. The van der Waals surface area contributed by atoms with Gasteiger partial charge in [-0.2, -0.15) is 13.2 Å². The number of halogens is 3. The van der Waals surface area contributed by atoms with Crippen LogP contribution in [0.15, 0.2) is 24.3 Å². The van der Waals surface area contributed by atoms with Crippen molar-refractivity contribution in [2.75, 3.05) is 19.6 Å². The van der Waals surface area contributed by atoms with Crippen molar-refractivity contribution in [1.82, 2.24) is 4.90 Å². The third-order valence-electron chi connectivity index (χ3n) is 4.36. The molecule has 1 fully saturated rings. The van der Waals surface area contributed by atoms with Crippen molar-refractivity contribution in [3.8, 4) is 0 Å². The Labute approximate surface area is 124 Å². The van der Waals surface area contributed by atoms with Crippen molar-refractivity contribution in [1.29, 1.82) is 0 Å². The smallest absolute Gasteiger partial charge is 0.330 e. The second-order valence-electron chi connectivity index (χ2n) is 5.97. The van der Waals surface area contributed by atoms with E-state index in [1.165, 1.54) is 5.56 Å². The fourth-order valence-electron chi connectivity index (χ4n) is 2.76. The molecule has 0 spiro atoms. The lowest BCUT2D eigenvalue weighted by Gasteiger charge is -2.32. The lowest BCUT2D eigenvalue weighted by molar-refractivity contribution is -0.185. The predicted molar refractivity (Wildman–Crippen MR) is 78.0 cm³/mol. The van der Waals surface area contributed by atoms with Crippen LogP contribution >= 0.6 is 0 Å². The van der Waals surface area contributed by atoms with E-state index in [-0.39, 0.29) is 12.8 Å². The van der Waals surface area contributed by atoms with Gasteiger partial charge in [-0.1, -0.05) is 31.2 Å². The molecule has 0 aliphatic carbocycles. The molecule has 1 unspecified atom stereocenters. The summed E-state index contributed by atoms with van der Waals surface area (Å²) >= 11 is 0. The van der Waals surface area contributed by atoms with E-state index in [0.717, 1.165) is 12.1 Å². The van der Waals surface area contributed by atoms with E-state index < -0.39 is 12.1 Å². The molecule has 118 valence electrons. The summed E-state index contributed by atoms with van der Waals surface area (Å²) in [6.07, 6.45) is -3.61. The minimum Gasteiger partial charge on any atom is -0.330 e. The van der Waals surface area contributed by atoms with Crippen molar-refractivity contribution in [2.45, 2.75) is 38.4 Å². The van der Waals surface area contributed by atoms with Gasteiger partial charge in [-0.25, -0.2) is 0 Å². The number of benzene rings is 1. The van der Waals surface area contributed by atoms with Gasteiger partial charge in [0.05, 0.1) is 5.92 Å². The second kappa shape index (κ2) is 6.79. The summed E-state index contributed by atoms with van der Waals surface area (Å²) in [5, 5.41) is 0. The first kappa shape index (κ1) is 16.3. The summed E-state index contributed by atoms with van der Waals surface area (Å²) < 4.78 is 37.9. The van der Waals surface area contributed by atoms with E-state index in [0.29, 0.717) is 25.6 Å². The lowest BCUT2D eigenvalue weighted by atomic mass is 9.95. The summed E-state index contributed by atoms with van der Waals surface area (Å²) in [5.41, 5.74) is 7.99. The Morgan fingerprint density at radius 2 is 1.76 bits per heavy atom. The van der Waals surface area contributed by atoms with Gasteiger partial charge in [-0.05, 0) is 49.5 Å². The van der Waals surface area contributed by atoms with Gasteiger partial charge in [0, 0.05) is 6.54 Å². The van der Waals surface area contributed by atoms with Crippen LogP contribution in [0, 0.1) is 5.92 Å². The van der Waals surface area contributed by atoms with Crippen LogP contribution in [-0.2, 0) is 6.54 Å². The topological polar surface area (TPSA) is 29.3 Å². The van der Waals surface area contributed by atoms with E-state index in [1.54, 1.807) is 0 Å². The van der Waals surface area contributed by atoms with Gasteiger partial charge < -0.3 is 5.73 Å². The van der Waals surface area contributed by atoms with Gasteiger partial charge in [-0.15, -0.1) is 0 Å². The van der Waals surface area contributed by atoms with Crippen LogP contribution < -0.4 is 5.73 Å². The Hall–Kier alpha value is -1.07. The van der Waals surface area contributed by atoms with Gasteiger partial charge in [-0.3, -0.25) is 4.90 Å². The van der Waals surface area contributed by atoms with Crippen LogP contribution in [0.1, 0.15) is 36.8 Å². The number of piperidine rings is 1. The predicted octanol–water partition coefficient (Wildman–Crippen LogP) is 3.52. The zero-order valence-corrected chi connectivity index (χ0v) is 12.4. The standard InChI is InChI=1S/C16H23F3N2/c1-12(10-20)14-4-2-13(3-5-14)11-21-8-6-15(7-9-21)16(17,18)19/h2-5,12,15H,6-11,20H2,1H3. The molecule has 1 aliphatic heterocycles. The fraction of sp³-hybridized carbons (Fsp3) is 0.625. The molecule has 1 heterocycles. The molecule has 0 bridgehead atoms. The molecule has 2 N–H and O–H groups in total. The van der Waals surface area contributed by atoms with Gasteiger partial charge in [0.25, 0.3) is 0 Å². The second-order valence-corrected chi connectivity index (χ2v) is 5.97. The first-order valence-corrected chi connectivity index (χ1v) is 7.48. The maximum atomic E-state index is 12.6. The molecule has 1 atom stereocenters. The van der Waals surface area contributed by atoms with E-state index in [4.69, 9.17) is 5.73 Å². The molecule has 1 aromatic carbocycles. The largest absolute Gasteiger partial charge is 0.391 e. The summed E-state index contributed by atoms with van der Waals surface area (Å²) in [6, 6.07) is 8.24. The molecule has 0 amide bonds. The molecule has 1 aliphatic rings. The normalized spacial score (nSPS) is 19.7. The quantitative estimate of drug-likeness (QED) is 0.922. The van der Waals surface area contributed by atoms with Crippen LogP contribution in [0.5, 0.6) is 0 Å². The number of nitrogens with zero attached hydrogens (tertiary/aromatic N) is 1. The first-order valence-electron chi connectivity index (χ1n) is 7.48. The molecule has 2 rings (SSSR count). The number of nitrogens with two attached hydrogens (primary N) is 1. The Morgan fingerprint density at radius 1 is 1.19 bits per heavy atom. The maximum absolute atomic E-state index is 12.6. The maximum Gasteiger partial charge on any atom is 0.391 e. The molecular formula is C16H23F3N2. The molecular weight excluding hydrogens is 277 g/mol. The number of likely N-dealkylation sites (tertiary alicyclic amines) is 1. The van der Waals surface area contributed by atoms with Crippen molar-refractivity contribution >= 4 is 0 Å². The first-order chi connectivity index (χ1) is 9.90. The van der Waals surface area contributed by atoms with Gasteiger partial charge in [0.1, 0.15) is 0 Å². The van der Waals surface area contributed by atoms with Crippen LogP contribution in [0.4, 0.5) is 13.2 Å². The molecule has 21 heavy (non-hydrogen) atoms. The summed E-state index contributed by atoms with van der Waals surface area (Å²) in [4.78, 5) is 2.10. The van der Waals surface area contributed by atoms with E-state index >= 15 is 0 Å². The summed E-state index contributed by atoms with van der Waals surface area (Å²) in [5.74, 6) is -0.789. The summed E-state index contributed by atoms with van der Waals surface area (Å²) in [7, 11) is 0. The average molecular weight is 300 g/mol. The minimum absolute atomic E-state index is 0.214. The van der Waals surface area contributed by atoms with Crippen molar-refractivity contribution in [3.63, 3.8) is 0 Å². The Bertz CT molecular complexity index is 434. The SMILES string of the molecule is CC(CN)c1ccc(CN2CCC(C(F)(F)F)CC2)cc1. The van der Waals surface area contributed by atoms with Crippen LogP contribution in [0.25, 0.3) is 0 Å². The average Bonchev–Trinajstić information content (AvgIpc) is 2.47. The molecule has 2 nitrogen and oxygen atoms in total. The zero-order valence-electron chi connectivity index (χ0n) is 12.4. The zero-order chi connectivity index (χ0) is 15.5. The Balaban J connectivity index is 1.86. The Kier molecular flexibility index (Phi) is 5.27. The third kappa shape index (κ3) is 4.45. The van der Waals surface area contributed by atoms with Crippen molar-refractivity contribution < 1.29 is 13.2 Å². The van der Waals surface area contributed by atoms with Gasteiger partial charge in [0.15, 0.2) is 0 Å². The minimum atomic E-state index is -4.04. The molecule has 1 saturated heterocycles. The Morgan fingerprint density at radius 3 is 2.24 bits per heavy atom. The highest BCUT2D eigenvalue weighted by Gasteiger charge is 2.40. The molecule has 0 radical (unpaired) electrons. The number of hydrogen-bond acceptors (Lipinski definition) is 2. The number of alkyl halides is 3. The van der Waals surface area contributed by atoms with E-state index in [2.05, 4.69) is 36.1 Å². The lowest BCUT2D eigenvalue weighted by Crippen LogP contribution is -2.38. The van der Waals surface area contributed by atoms with Gasteiger partial charge in [0.2, 0.25) is 0 Å². The highest BCUT2D eigenvalue weighted by molar-refractivity contribution is 5.25. The van der Waals surface area contributed by atoms with E-state index in [9.17, 15) is 13.2 Å². The summed E-state index contributed by atoms with van der Waals surface area (Å²) in [6.45, 7) is 4.46. The van der Waals surface area contributed by atoms with E-state index in [1.807, 2.05) is 0 Å². The highest BCUT2D eigenvalue weighted by Crippen LogP contribution is 2.34. The molecule has 0 aromatic heterocycles. The number of hydrogen-bond donors (Lipinski definition) is 1. The molecule has 5 heteroatoms. The molecule has 0 saturated carbocycles. The van der Waals surface area contributed by atoms with Crippen molar-refractivity contribution in [2.24, 2.45) is 11.7 Å². The van der Waals surface area contributed by atoms with Crippen molar-refractivity contribution in [3.05, 3.63) is 35.4 Å². The van der Waals surface area contributed by atoms with Crippen LogP contribution in [0.3, 0.4) is 0 Å². The van der Waals surface area contributed by atoms with Crippen LogP contribution in [-0.4, -0.2) is 30.7 Å².